The number of halogens is 1. The summed E-state index contributed by atoms with van der Waals surface area (Å²) in [7, 11) is 1.60. The van der Waals surface area contributed by atoms with Crippen molar-refractivity contribution in [2.24, 2.45) is 0 Å². The van der Waals surface area contributed by atoms with Gasteiger partial charge in [-0.25, -0.2) is 14.6 Å². The number of carbonyl (C=O) groups is 1. The Bertz CT molecular complexity index is 1430. The number of nitrogen functional groups attached to an aromatic ring is 1. The van der Waals surface area contributed by atoms with Gasteiger partial charge in [0.05, 0.1) is 23.6 Å². The number of piperidine rings is 1. The number of nitrogens with two attached hydrogens (primary N) is 1. The van der Waals surface area contributed by atoms with Crippen molar-refractivity contribution >= 4 is 45.7 Å². The Hall–Kier alpha value is -3.63. The third-order valence-electron chi connectivity index (χ3n) is 6.18. The van der Waals surface area contributed by atoms with E-state index in [9.17, 15) is 4.79 Å². The molecule has 9 nitrogen and oxygen atoms in total. The van der Waals surface area contributed by atoms with Gasteiger partial charge in [0.1, 0.15) is 35.9 Å². The predicted molar refractivity (Wildman–Crippen MR) is 140 cm³/mol. The van der Waals surface area contributed by atoms with E-state index < -0.39 is 0 Å². The van der Waals surface area contributed by atoms with Crippen LogP contribution in [0, 0.1) is 0 Å². The Morgan fingerprint density at radius 3 is 3.03 bits per heavy atom. The summed E-state index contributed by atoms with van der Waals surface area (Å²) in [5, 5.41) is 8.16. The second kappa shape index (κ2) is 10.2. The molecule has 5 rings (SSSR count). The first-order valence-electron chi connectivity index (χ1n) is 11.4. The Morgan fingerprint density at radius 2 is 2.22 bits per heavy atom. The first-order chi connectivity index (χ1) is 17.5. The van der Waals surface area contributed by atoms with Crippen LogP contribution in [0.4, 0.5) is 5.82 Å². The molecule has 0 bridgehead atoms. The van der Waals surface area contributed by atoms with Crippen LogP contribution >= 0.6 is 22.9 Å². The van der Waals surface area contributed by atoms with Crippen LogP contribution in [0.25, 0.3) is 22.3 Å². The molecule has 3 aromatic heterocycles. The predicted octanol–water partition coefficient (Wildman–Crippen LogP) is 4.73. The maximum atomic E-state index is 12.2. The number of carbonyl (C=O) groups excluding carboxylic acids is 1. The van der Waals surface area contributed by atoms with E-state index >= 15 is 0 Å². The Labute approximate surface area is 217 Å². The fourth-order valence-corrected chi connectivity index (χ4v) is 5.34. The third kappa shape index (κ3) is 4.61. The van der Waals surface area contributed by atoms with E-state index in [1.807, 2.05) is 16.1 Å². The molecule has 1 aliphatic heterocycles. The minimum absolute atomic E-state index is 0.0233. The monoisotopic (exact) mass is 524 g/mol. The van der Waals surface area contributed by atoms with Gasteiger partial charge in [-0.1, -0.05) is 18.2 Å². The standard InChI is InChI=1S/C25H25ClN6O3S/c1-3-21(33)31-8-4-5-16(11-31)32-25-22(24(27)28-14-29-25)23(30-32)15-9-18(36-13-15)12-35-20-10-17(34-2)6-7-19(20)26/h3,6-7,9-10,13-14,16H,1,4-5,8,11-12H2,2H3,(H2,27,28,29)/t16-/m1/s1. The normalized spacial score (nSPS) is 15.7. The van der Waals surface area contributed by atoms with Crippen LogP contribution in [-0.4, -0.2) is 50.8 Å². The molecule has 0 unspecified atom stereocenters. The molecule has 1 fully saturated rings. The number of anilines is 1. The number of aromatic nitrogens is 4. The molecule has 1 amide bonds. The molecule has 186 valence electrons. The third-order valence-corrected chi connectivity index (χ3v) is 7.40. The second-order valence-corrected chi connectivity index (χ2v) is 9.82. The number of ether oxygens (including phenoxy) is 2. The fourth-order valence-electron chi connectivity index (χ4n) is 4.39. The highest BCUT2D eigenvalue weighted by Gasteiger charge is 2.28. The molecule has 1 atom stereocenters. The SMILES string of the molecule is C=CC(=O)N1CCC[C@@H](n2nc(-c3csc(COc4cc(OC)ccc4Cl)c3)c3c(N)ncnc32)C1. The lowest BCUT2D eigenvalue weighted by Gasteiger charge is -2.32. The van der Waals surface area contributed by atoms with Crippen molar-refractivity contribution in [1.29, 1.82) is 0 Å². The Morgan fingerprint density at radius 1 is 1.36 bits per heavy atom. The lowest BCUT2D eigenvalue weighted by molar-refractivity contribution is -0.127. The highest BCUT2D eigenvalue weighted by Crippen LogP contribution is 2.36. The van der Waals surface area contributed by atoms with Crippen molar-refractivity contribution in [3.05, 3.63) is 58.5 Å². The van der Waals surface area contributed by atoms with Crippen molar-refractivity contribution in [2.45, 2.75) is 25.5 Å². The Kier molecular flexibility index (Phi) is 6.80. The number of fused-ring (bicyclic) bond motifs is 1. The number of methoxy groups -OCH3 is 1. The van der Waals surface area contributed by atoms with Crippen LogP contribution in [0.2, 0.25) is 5.02 Å². The summed E-state index contributed by atoms with van der Waals surface area (Å²) in [6, 6.07) is 7.28. The largest absolute Gasteiger partial charge is 0.497 e. The lowest BCUT2D eigenvalue weighted by atomic mass is 10.1. The number of hydrogen-bond acceptors (Lipinski definition) is 8. The van der Waals surface area contributed by atoms with Gasteiger partial charge in [0.2, 0.25) is 5.91 Å². The van der Waals surface area contributed by atoms with Crippen molar-refractivity contribution < 1.29 is 14.3 Å². The van der Waals surface area contributed by atoms with Crippen molar-refractivity contribution in [3.8, 4) is 22.8 Å². The quantitative estimate of drug-likeness (QED) is 0.348. The van der Waals surface area contributed by atoms with Gasteiger partial charge in [-0.05, 0) is 37.1 Å². The van der Waals surface area contributed by atoms with Gasteiger partial charge in [-0.2, -0.15) is 5.10 Å². The van der Waals surface area contributed by atoms with Gasteiger partial charge < -0.3 is 20.1 Å². The number of likely N-dealkylation sites (tertiary alicyclic amines) is 1. The maximum absolute atomic E-state index is 12.2. The van der Waals surface area contributed by atoms with Gasteiger partial charge in [0, 0.05) is 35.0 Å². The molecule has 1 saturated heterocycles. The topological polar surface area (TPSA) is 108 Å². The van der Waals surface area contributed by atoms with Crippen molar-refractivity contribution in [2.75, 3.05) is 25.9 Å². The summed E-state index contributed by atoms with van der Waals surface area (Å²) >= 11 is 7.82. The first kappa shape index (κ1) is 24.1. The van der Waals surface area contributed by atoms with E-state index in [4.69, 9.17) is 31.9 Å². The number of hydrogen-bond donors (Lipinski definition) is 1. The molecule has 1 aliphatic rings. The van der Waals surface area contributed by atoms with Gasteiger partial charge in [-0.15, -0.1) is 11.3 Å². The highest BCUT2D eigenvalue weighted by atomic mass is 35.5. The number of nitrogens with zero attached hydrogens (tertiary/aromatic N) is 5. The molecular formula is C25H25ClN6O3S. The molecule has 4 aromatic rings. The molecule has 1 aromatic carbocycles. The van der Waals surface area contributed by atoms with Crippen molar-refractivity contribution in [3.63, 3.8) is 0 Å². The summed E-state index contributed by atoms with van der Waals surface area (Å²) in [4.78, 5) is 23.7. The molecule has 4 heterocycles. The molecular weight excluding hydrogens is 500 g/mol. The maximum Gasteiger partial charge on any atom is 0.246 e. The van der Waals surface area contributed by atoms with Crippen LogP contribution in [0.1, 0.15) is 23.8 Å². The van der Waals surface area contributed by atoms with E-state index in [0.717, 1.165) is 23.3 Å². The average molecular weight is 525 g/mol. The number of benzene rings is 1. The minimum atomic E-state index is -0.0795. The fraction of sp³-hybridized carbons (Fsp3) is 0.280. The molecule has 36 heavy (non-hydrogen) atoms. The summed E-state index contributed by atoms with van der Waals surface area (Å²) in [6.45, 7) is 5.19. The number of rotatable bonds is 7. The molecule has 0 radical (unpaired) electrons. The van der Waals surface area contributed by atoms with E-state index in [2.05, 4.69) is 16.5 Å². The van der Waals surface area contributed by atoms with Crippen LogP contribution in [-0.2, 0) is 11.4 Å². The number of amides is 1. The zero-order chi connectivity index (χ0) is 25.2. The van der Waals surface area contributed by atoms with Crippen LogP contribution in [0.15, 0.2) is 48.6 Å². The van der Waals surface area contributed by atoms with E-state index in [0.29, 0.717) is 58.8 Å². The molecule has 2 N–H and O–H groups in total. The van der Waals surface area contributed by atoms with Gasteiger partial charge >= 0.3 is 0 Å². The van der Waals surface area contributed by atoms with E-state index in [1.165, 1.54) is 12.4 Å². The first-order valence-corrected chi connectivity index (χ1v) is 12.7. The van der Waals surface area contributed by atoms with Gasteiger partial charge in [-0.3, -0.25) is 4.79 Å². The second-order valence-electron chi connectivity index (χ2n) is 8.42. The molecule has 0 saturated carbocycles. The minimum Gasteiger partial charge on any atom is -0.497 e. The molecule has 11 heteroatoms. The summed E-state index contributed by atoms with van der Waals surface area (Å²) < 4.78 is 13.1. The van der Waals surface area contributed by atoms with E-state index in [1.54, 1.807) is 41.5 Å². The zero-order valence-electron chi connectivity index (χ0n) is 19.7. The smallest absolute Gasteiger partial charge is 0.246 e. The summed E-state index contributed by atoms with van der Waals surface area (Å²) in [5.41, 5.74) is 8.55. The zero-order valence-corrected chi connectivity index (χ0v) is 21.3. The van der Waals surface area contributed by atoms with Crippen molar-refractivity contribution in [1.82, 2.24) is 24.6 Å². The van der Waals surface area contributed by atoms with Gasteiger partial charge in [0.25, 0.3) is 0 Å². The molecule has 0 spiro atoms. The van der Waals surface area contributed by atoms with Crippen LogP contribution in [0.3, 0.4) is 0 Å². The summed E-state index contributed by atoms with van der Waals surface area (Å²) in [5.74, 6) is 1.51. The highest BCUT2D eigenvalue weighted by molar-refractivity contribution is 7.10. The lowest BCUT2D eigenvalue weighted by Crippen LogP contribution is -2.40. The van der Waals surface area contributed by atoms with Gasteiger partial charge in [0.15, 0.2) is 5.65 Å². The molecule has 0 aliphatic carbocycles. The van der Waals surface area contributed by atoms with Crippen LogP contribution in [0.5, 0.6) is 11.5 Å². The van der Waals surface area contributed by atoms with E-state index in [-0.39, 0.29) is 11.9 Å². The Balaban J connectivity index is 1.44. The number of thiophene rings is 1. The summed E-state index contributed by atoms with van der Waals surface area (Å²) in [6.07, 6.45) is 4.54. The average Bonchev–Trinajstić information content (AvgIpc) is 3.53. The van der Waals surface area contributed by atoms with Crippen LogP contribution < -0.4 is 15.2 Å².